The monoisotopic (exact) mass is 315 g/mol. The zero-order chi connectivity index (χ0) is 16.6. The smallest absolute Gasteiger partial charge is 0.230 e. The van der Waals surface area contributed by atoms with Crippen LogP contribution in [0.15, 0.2) is 6.20 Å². The van der Waals surface area contributed by atoms with E-state index >= 15 is 0 Å². The number of amides is 1. The van der Waals surface area contributed by atoms with Gasteiger partial charge in [-0.3, -0.25) is 14.9 Å². The Morgan fingerprint density at radius 1 is 1.39 bits per heavy atom. The molecule has 0 saturated heterocycles. The van der Waals surface area contributed by atoms with Crippen LogP contribution in [0.5, 0.6) is 0 Å². The van der Waals surface area contributed by atoms with E-state index in [0.717, 1.165) is 25.0 Å². The molecule has 23 heavy (non-hydrogen) atoms. The predicted molar refractivity (Wildman–Crippen MR) is 88.2 cm³/mol. The van der Waals surface area contributed by atoms with E-state index in [0.29, 0.717) is 23.9 Å². The minimum atomic E-state index is -0.0819. The molecular weight excluding hydrogens is 290 g/mol. The molecule has 1 N–H and O–H groups in total. The summed E-state index contributed by atoms with van der Waals surface area (Å²) in [4.78, 5) is 33.0. The zero-order valence-corrected chi connectivity index (χ0v) is 14.2. The van der Waals surface area contributed by atoms with Crippen LogP contribution in [0.3, 0.4) is 0 Å². The van der Waals surface area contributed by atoms with Crippen LogP contribution < -0.4 is 5.32 Å². The quantitative estimate of drug-likeness (QED) is 0.904. The van der Waals surface area contributed by atoms with E-state index in [9.17, 15) is 9.59 Å². The first-order valence-corrected chi connectivity index (χ1v) is 8.59. The van der Waals surface area contributed by atoms with Gasteiger partial charge >= 0.3 is 0 Å². The summed E-state index contributed by atoms with van der Waals surface area (Å²) in [6, 6.07) is 0. The molecule has 0 spiro atoms. The largest absolute Gasteiger partial charge is 0.294 e. The number of fused-ring (bicyclic) bond motifs is 1. The van der Waals surface area contributed by atoms with Crippen molar-refractivity contribution in [2.75, 3.05) is 5.32 Å². The van der Waals surface area contributed by atoms with Gasteiger partial charge in [0, 0.05) is 18.5 Å². The van der Waals surface area contributed by atoms with E-state index in [1.807, 2.05) is 0 Å². The van der Waals surface area contributed by atoms with Crippen molar-refractivity contribution in [3.05, 3.63) is 17.5 Å². The zero-order valence-electron chi connectivity index (χ0n) is 14.2. The molecule has 2 aliphatic rings. The molecule has 3 rings (SSSR count). The number of unbranched alkanes of at least 4 members (excludes halogenated alkanes) is 1. The van der Waals surface area contributed by atoms with Crippen molar-refractivity contribution < 1.29 is 9.59 Å². The van der Waals surface area contributed by atoms with Crippen molar-refractivity contribution in [3.8, 4) is 0 Å². The number of Topliss-reactive ketones (excluding diaryl/α,β-unsaturated/α-hetero) is 1. The topological polar surface area (TPSA) is 72.0 Å². The Morgan fingerprint density at radius 3 is 2.91 bits per heavy atom. The maximum Gasteiger partial charge on any atom is 0.230 e. The lowest BCUT2D eigenvalue weighted by atomic mass is 9.76. The minimum Gasteiger partial charge on any atom is -0.294 e. The van der Waals surface area contributed by atoms with E-state index in [-0.39, 0.29) is 23.0 Å². The lowest BCUT2D eigenvalue weighted by Crippen LogP contribution is -2.29. The van der Waals surface area contributed by atoms with Gasteiger partial charge in [0.25, 0.3) is 0 Å². The summed E-state index contributed by atoms with van der Waals surface area (Å²) in [5.41, 5.74) is 1.28. The summed E-state index contributed by atoms with van der Waals surface area (Å²) in [7, 11) is 0. The third-order valence-corrected chi connectivity index (χ3v) is 4.88. The lowest BCUT2D eigenvalue weighted by Gasteiger charge is -2.29. The highest BCUT2D eigenvalue weighted by molar-refractivity contribution is 5.98. The molecule has 1 heterocycles. The standard InChI is InChI=1S/C18H25N3O2/c1-4-5-6-11-7-12(11)16(23)21-17-19-10-13-14(20-17)8-18(2,3)9-15(13)22/h10-12H,4-9H2,1-3H3,(H,19,20,21,23)/t11-,12-/m0/s1. The molecule has 0 radical (unpaired) electrons. The first-order valence-electron chi connectivity index (χ1n) is 8.59. The maximum absolute atomic E-state index is 12.3. The number of ketones is 1. The molecule has 1 amide bonds. The minimum absolute atomic E-state index is 0.0208. The molecule has 1 saturated carbocycles. The second kappa shape index (κ2) is 6.02. The van der Waals surface area contributed by atoms with Crippen LogP contribution in [-0.4, -0.2) is 21.7 Å². The molecule has 1 aromatic heterocycles. The van der Waals surface area contributed by atoms with Crippen LogP contribution in [0.1, 0.15) is 68.9 Å². The molecule has 0 aliphatic heterocycles. The predicted octanol–water partition coefficient (Wildman–Crippen LogP) is 3.40. The van der Waals surface area contributed by atoms with Crippen molar-refractivity contribution in [2.24, 2.45) is 17.3 Å². The highest BCUT2D eigenvalue weighted by Crippen LogP contribution is 2.43. The molecule has 0 unspecified atom stereocenters. The summed E-state index contributed by atoms with van der Waals surface area (Å²) in [6.45, 7) is 6.30. The van der Waals surface area contributed by atoms with Crippen molar-refractivity contribution >= 4 is 17.6 Å². The highest BCUT2D eigenvalue weighted by Gasteiger charge is 2.42. The fourth-order valence-corrected chi connectivity index (χ4v) is 3.45. The van der Waals surface area contributed by atoms with Gasteiger partial charge in [0.05, 0.1) is 11.3 Å². The summed E-state index contributed by atoms with van der Waals surface area (Å²) in [6.07, 6.45) is 7.28. The molecule has 5 heteroatoms. The van der Waals surface area contributed by atoms with E-state index in [1.54, 1.807) is 6.20 Å². The molecule has 1 aromatic rings. The maximum atomic E-state index is 12.3. The van der Waals surface area contributed by atoms with Gasteiger partial charge < -0.3 is 0 Å². The van der Waals surface area contributed by atoms with Gasteiger partial charge in [0.15, 0.2) is 5.78 Å². The number of anilines is 1. The molecule has 5 nitrogen and oxygen atoms in total. The number of carbonyl (C=O) groups excluding carboxylic acids is 2. The van der Waals surface area contributed by atoms with Crippen LogP contribution in [-0.2, 0) is 11.2 Å². The van der Waals surface area contributed by atoms with Crippen LogP contribution in [0.2, 0.25) is 0 Å². The van der Waals surface area contributed by atoms with E-state index in [4.69, 9.17) is 0 Å². The number of aromatic nitrogens is 2. The van der Waals surface area contributed by atoms with E-state index in [2.05, 4.69) is 36.1 Å². The Morgan fingerprint density at radius 2 is 2.17 bits per heavy atom. The Hall–Kier alpha value is -1.78. The summed E-state index contributed by atoms with van der Waals surface area (Å²) in [5, 5.41) is 2.83. The number of hydrogen-bond acceptors (Lipinski definition) is 4. The second-order valence-electron chi connectivity index (χ2n) is 7.73. The average molecular weight is 315 g/mol. The lowest BCUT2D eigenvalue weighted by molar-refractivity contribution is -0.117. The van der Waals surface area contributed by atoms with Crippen LogP contribution in [0, 0.1) is 17.3 Å². The average Bonchev–Trinajstić information content (AvgIpc) is 3.23. The van der Waals surface area contributed by atoms with Crippen LogP contribution in [0.25, 0.3) is 0 Å². The summed E-state index contributed by atoms with van der Waals surface area (Å²) < 4.78 is 0. The fourth-order valence-electron chi connectivity index (χ4n) is 3.45. The third-order valence-electron chi connectivity index (χ3n) is 4.88. The Labute approximate surface area is 137 Å². The van der Waals surface area contributed by atoms with Gasteiger partial charge in [-0.15, -0.1) is 0 Å². The van der Waals surface area contributed by atoms with Crippen LogP contribution in [0.4, 0.5) is 5.95 Å². The van der Waals surface area contributed by atoms with Crippen molar-refractivity contribution in [3.63, 3.8) is 0 Å². The Balaban J connectivity index is 1.66. The van der Waals surface area contributed by atoms with E-state index < -0.39 is 0 Å². The Bertz CT molecular complexity index is 639. The van der Waals surface area contributed by atoms with Crippen LogP contribution >= 0.6 is 0 Å². The Kier molecular flexibility index (Phi) is 4.21. The number of carbonyl (C=O) groups is 2. The summed E-state index contributed by atoms with van der Waals surface area (Å²) >= 11 is 0. The summed E-state index contributed by atoms with van der Waals surface area (Å²) in [5.74, 6) is 1.08. The number of nitrogens with zero attached hydrogens (tertiary/aromatic N) is 2. The molecule has 124 valence electrons. The second-order valence-corrected chi connectivity index (χ2v) is 7.73. The van der Waals surface area contributed by atoms with Gasteiger partial charge in [-0.05, 0) is 30.6 Å². The normalized spacial score (nSPS) is 24.9. The first-order chi connectivity index (χ1) is 10.9. The van der Waals surface area contributed by atoms with Crippen molar-refractivity contribution in [1.82, 2.24) is 9.97 Å². The third kappa shape index (κ3) is 3.59. The van der Waals surface area contributed by atoms with Gasteiger partial charge in [-0.25, -0.2) is 9.97 Å². The fraction of sp³-hybridized carbons (Fsp3) is 0.667. The molecule has 2 aliphatic carbocycles. The number of hydrogen-bond donors (Lipinski definition) is 1. The van der Waals surface area contributed by atoms with Gasteiger partial charge in [-0.1, -0.05) is 33.6 Å². The van der Waals surface area contributed by atoms with Gasteiger partial charge in [0.2, 0.25) is 11.9 Å². The van der Waals surface area contributed by atoms with Gasteiger partial charge in [-0.2, -0.15) is 0 Å². The number of nitrogens with one attached hydrogen (secondary N) is 1. The molecule has 2 atom stereocenters. The van der Waals surface area contributed by atoms with Crippen molar-refractivity contribution in [1.29, 1.82) is 0 Å². The first kappa shape index (κ1) is 16.1. The molecular formula is C18H25N3O2. The van der Waals surface area contributed by atoms with E-state index in [1.165, 1.54) is 12.8 Å². The molecule has 0 aromatic carbocycles. The van der Waals surface area contributed by atoms with Crippen molar-refractivity contribution in [2.45, 2.75) is 59.3 Å². The molecule has 1 fully saturated rings. The SMILES string of the molecule is CCCC[C@H]1C[C@@H]1C(=O)Nc1ncc2c(n1)CC(C)(C)CC2=O. The number of rotatable bonds is 5. The molecule has 0 bridgehead atoms. The highest BCUT2D eigenvalue weighted by atomic mass is 16.2. The van der Waals surface area contributed by atoms with Gasteiger partial charge in [0.1, 0.15) is 0 Å².